The number of esters is 1. The number of imidazole rings is 1. The Kier molecular flexibility index (Phi) is 5.58. The van der Waals surface area contributed by atoms with Gasteiger partial charge in [0, 0.05) is 0 Å². The van der Waals surface area contributed by atoms with Crippen molar-refractivity contribution in [1.82, 2.24) is 9.55 Å². The van der Waals surface area contributed by atoms with Gasteiger partial charge in [0.15, 0.2) is 11.5 Å². The fourth-order valence-corrected chi connectivity index (χ4v) is 3.58. The summed E-state index contributed by atoms with van der Waals surface area (Å²) in [5.74, 6) is -1.08. The van der Waals surface area contributed by atoms with Gasteiger partial charge in [0.2, 0.25) is 0 Å². The zero-order valence-corrected chi connectivity index (χ0v) is 17.5. The number of nitrogen functional groups attached to an aromatic ring is 1. The van der Waals surface area contributed by atoms with E-state index in [-0.39, 0.29) is 29.2 Å². The second-order valence-corrected chi connectivity index (χ2v) is 8.09. The molecule has 8 heteroatoms. The first-order valence-corrected chi connectivity index (χ1v) is 9.69. The van der Waals surface area contributed by atoms with E-state index in [0.29, 0.717) is 5.69 Å². The Morgan fingerprint density at radius 3 is 2.62 bits per heavy atom. The number of rotatable bonds is 6. The molecule has 1 aliphatic rings. The second-order valence-electron chi connectivity index (χ2n) is 8.09. The number of methoxy groups -OCH3 is 1. The SMILES string of the molecule is CCC1(C)CCC(C(C)(C)OC(=O)c2c(N)nc(OC)n2-c2ccc(F)cc2)O1. The lowest BCUT2D eigenvalue weighted by molar-refractivity contribution is -0.122. The van der Waals surface area contributed by atoms with E-state index in [9.17, 15) is 9.18 Å². The highest BCUT2D eigenvalue weighted by Crippen LogP contribution is 2.39. The Morgan fingerprint density at radius 1 is 1.41 bits per heavy atom. The molecule has 0 aliphatic carbocycles. The molecule has 0 radical (unpaired) electrons. The smallest absolute Gasteiger partial charge is 0.359 e. The van der Waals surface area contributed by atoms with E-state index in [1.165, 1.54) is 35.9 Å². The molecule has 158 valence electrons. The number of anilines is 1. The highest BCUT2D eigenvalue weighted by atomic mass is 19.1. The molecule has 2 heterocycles. The van der Waals surface area contributed by atoms with Crippen molar-refractivity contribution in [1.29, 1.82) is 0 Å². The van der Waals surface area contributed by atoms with Crippen molar-refractivity contribution >= 4 is 11.8 Å². The Balaban J connectivity index is 1.91. The lowest BCUT2D eigenvalue weighted by Gasteiger charge is -2.33. The minimum Gasteiger partial charge on any atom is -0.468 e. The molecule has 1 aliphatic heterocycles. The number of ether oxygens (including phenoxy) is 3. The van der Waals surface area contributed by atoms with Crippen molar-refractivity contribution in [3.8, 4) is 11.7 Å². The summed E-state index contributed by atoms with van der Waals surface area (Å²) >= 11 is 0. The standard InChI is InChI=1S/C21H28FN3O4/c1-6-21(4)12-11-15(28-21)20(2,3)29-18(26)16-17(23)24-19(27-5)25(16)14-9-7-13(22)8-10-14/h7-10,15H,6,11-12,23H2,1-5H3. The van der Waals surface area contributed by atoms with E-state index >= 15 is 0 Å². The summed E-state index contributed by atoms with van der Waals surface area (Å²) in [6.07, 6.45) is 2.34. The molecule has 0 bridgehead atoms. The first-order chi connectivity index (χ1) is 13.6. The third-order valence-corrected chi connectivity index (χ3v) is 5.58. The molecule has 1 aromatic carbocycles. The van der Waals surface area contributed by atoms with Gasteiger partial charge >= 0.3 is 12.0 Å². The summed E-state index contributed by atoms with van der Waals surface area (Å²) in [4.78, 5) is 17.2. The Bertz CT molecular complexity index is 894. The summed E-state index contributed by atoms with van der Waals surface area (Å²) in [6, 6.07) is 5.68. The van der Waals surface area contributed by atoms with Crippen LogP contribution in [0.3, 0.4) is 0 Å². The lowest BCUT2D eigenvalue weighted by Crippen LogP contribution is -2.42. The largest absolute Gasteiger partial charge is 0.468 e. The minimum atomic E-state index is -0.873. The molecule has 1 saturated heterocycles. The molecule has 2 aromatic rings. The summed E-state index contributed by atoms with van der Waals surface area (Å²) in [6.45, 7) is 7.79. The van der Waals surface area contributed by atoms with Crippen molar-refractivity contribution in [2.75, 3.05) is 12.8 Å². The number of halogens is 1. The zero-order valence-electron chi connectivity index (χ0n) is 17.5. The fourth-order valence-electron chi connectivity index (χ4n) is 3.58. The number of nitrogens with two attached hydrogens (primary N) is 1. The average molecular weight is 405 g/mol. The van der Waals surface area contributed by atoms with Gasteiger partial charge in [0.25, 0.3) is 0 Å². The van der Waals surface area contributed by atoms with Crippen molar-refractivity contribution < 1.29 is 23.4 Å². The summed E-state index contributed by atoms with van der Waals surface area (Å²) in [5.41, 5.74) is 5.42. The number of carbonyl (C=O) groups is 1. The third kappa shape index (κ3) is 4.07. The van der Waals surface area contributed by atoms with Gasteiger partial charge in [-0.3, -0.25) is 4.57 Å². The molecule has 2 atom stereocenters. The fraction of sp³-hybridized carbons (Fsp3) is 0.524. The summed E-state index contributed by atoms with van der Waals surface area (Å²) in [7, 11) is 1.42. The summed E-state index contributed by atoms with van der Waals surface area (Å²) in [5, 5.41) is 0. The maximum Gasteiger partial charge on any atom is 0.359 e. The molecule has 7 nitrogen and oxygen atoms in total. The molecule has 2 N–H and O–H groups in total. The maximum atomic E-state index is 13.3. The molecule has 2 unspecified atom stereocenters. The number of hydrogen-bond donors (Lipinski definition) is 1. The van der Waals surface area contributed by atoms with Crippen LogP contribution >= 0.6 is 0 Å². The number of carbonyl (C=O) groups excluding carboxylic acids is 1. The van der Waals surface area contributed by atoms with Gasteiger partial charge in [-0.05, 0) is 64.3 Å². The van der Waals surface area contributed by atoms with Gasteiger partial charge < -0.3 is 19.9 Å². The molecule has 29 heavy (non-hydrogen) atoms. The van der Waals surface area contributed by atoms with E-state index in [4.69, 9.17) is 19.9 Å². The quantitative estimate of drug-likeness (QED) is 0.734. The number of benzene rings is 1. The van der Waals surface area contributed by atoms with Gasteiger partial charge in [-0.25, -0.2) is 9.18 Å². The van der Waals surface area contributed by atoms with Gasteiger partial charge in [-0.15, -0.1) is 0 Å². The minimum absolute atomic E-state index is 0.0257. The Hall–Kier alpha value is -2.61. The van der Waals surface area contributed by atoms with Crippen LogP contribution in [0.15, 0.2) is 24.3 Å². The predicted octanol–water partition coefficient (Wildman–Crippen LogP) is 3.89. The van der Waals surface area contributed by atoms with Crippen LogP contribution in [0, 0.1) is 5.82 Å². The first-order valence-electron chi connectivity index (χ1n) is 9.69. The summed E-state index contributed by atoms with van der Waals surface area (Å²) < 4.78 is 32.0. The predicted molar refractivity (Wildman–Crippen MR) is 107 cm³/mol. The molecule has 1 fully saturated rings. The molecule has 1 aromatic heterocycles. The zero-order chi connectivity index (χ0) is 21.4. The monoisotopic (exact) mass is 405 g/mol. The van der Waals surface area contributed by atoms with Crippen LogP contribution in [0.5, 0.6) is 6.01 Å². The molecule has 0 amide bonds. The first kappa shape index (κ1) is 21.1. The highest BCUT2D eigenvalue weighted by Gasteiger charge is 2.45. The van der Waals surface area contributed by atoms with Crippen LogP contribution in [0.2, 0.25) is 0 Å². The van der Waals surface area contributed by atoms with E-state index in [1.54, 1.807) is 0 Å². The van der Waals surface area contributed by atoms with Crippen molar-refractivity contribution in [3.63, 3.8) is 0 Å². The van der Waals surface area contributed by atoms with E-state index in [1.807, 2.05) is 13.8 Å². The van der Waals surface area contributed by atoms with Crippen LogP contribution in [-0.4, -0.2) is 39.9 Å². The lowest BCUT2D eigenvalue weighted by atomic mass is 9.95. The van der Waals surface area contributed by atoms with Crippen LogP contribution in [0.4, 0.5) is 10.2 Å². The van der Waals surface area contributed by atoms with E-state index in [0.717, 1.165) is 19.3 Å². The van der Waals surface area contributed by atoms with Gasteiger partial charge in [0.05, 0.1) is 24.5 Å². The van der Waals surface area contributed by atoms with Crippen LogP contribution in [-0.2, 0) is 9.47 Å². The molecule has 3 rings (SSSR count). The van der Waals surface area contributed by atoms with Crippen molar-refractivity contribution in [2.24, 2.45) is 0 Å². The maximum absolute atomic E-state index is 13.3. The highest BCUT2D eigenvalue weighted by molar-refractivity contribution is 5.94. The molecular weight excluding hydrogens is 377 g/mol. The topological polar surface area (TPSA) is 88.6 Å². The number of hydrogen-bond acceptors (Lipinski definition) is 6. The Labute approximate surface area is 170 Å². The number of aromatic nitrogens is 2. The van der Waals surface area contributed by atoms with Gasteiger partial charge in [-0.1, -0.05) is 6.92 Å². The number of nitrogens with zero attached hydrogens (tertiary/aromatic N) is 2. The van der Waals surface area contributed by atoms with Crippen molar-refractivity contribution in [2.45, 2.75) is 64.3 Å². The third-order valence-electron chi connectivity index (χ3n) is 5.58. The molecule has 0 saturated carbocycles. The van der Waals surface area contributed by atoms with Crippen LogP contribution < -0.4 is 10.5 Å². The van der Waals surface area contributed by atoms with Gasteiger partial charge in [-0.2, -0.15) is 4.98 Å². The molecule has 0 spiro atoms. The normalized spacial score (nSPS) is 21.9. The van der Waals surface area contributed by atoms with E-state index < -0.39 is 17.4 Å². The Morgan fingerprint density at radius 2 is 2.07 bits per heavy atom. The van der Waals surface area contributed by atoms with Crippen LogP contribution in [0.25, 0.3) is 5.69 Å². The molecular formula is C21H28FN3O4. The van der Waals surface area contributed by atoms with Gasteiger partial charge in [0.1, 0.15) is 11.4 Å². The van der Waals surface area contributed by atoms with Crippen LogP contribution in [0.1, 0.15) is 57.4 Å². The van der Waals surface area contributed by atoms with E-state index in [2.05, 4.69) is 18.8 Å². The average Bonchev–Trinajstić information content (AvgIpc) is 3.23. The second kappa shape index (κ2) is 7.67. The van der Waals surface area contributed by atoms with Crippen molar-refractivity contribution in [3.05, 3.63) is 35.8 Å².